The molecular formula is C22H15ClFNO3S2. The molecular weight excluding hydrogens is 445 g/mol. The van der Waals surface area contributed by atoms with Gasteiger partial charge in [-0.05, 0) is 60.6 Å². The van der Waals surface area contributed by atoms with Crippen LogP contribution in [-0.2, 0) is 11.3 Å². The van der Waals surface area contributed by atoms with Crippen molar-refractivity contribution in [3.8, 4) is 0 Å². The van der Waals surface area contributed by atoms with Crippen LogP contribution in [0.3, 0.4) is 0 Å². The molecule has 0 unspecified atom stereocenters. The highest BCUT2D eigenvalue weighted by molar-refractivity contribution is 8.18. The second-order valence-corrected chi connectivity index (χ2v) is 9.05. The maximum Gasteiger partial charge on any atom is 0.293 e. The standard InChI is InChI=1S/C22H15ClFNO3S2/c1-13-2-7-17(8-3-13)29-20-9-6-16(28-20)11-19-21(26)25(22(27)30-19)12-14-4-5-15(24)10-18(14)23/h2-11H,12H2,1H3/b19-11+. The topological polar surface area (TPSA) is 50.5 Å². The van der Waals surface area contributed by atoms with Gasteiger partial charge >= 0.3 is 0 Å². The van der Waals surface area contributed by atoms with Gasteiger partial charge in [0.05, 0.1) is 11.4 Å². The average molecular weight is 460 g/mol. The number of rotatable bonds is 5. The van der Waals surface area contributed by atoms with Gasteiger partial charge in [0.1, 0.15) is 11.6 Å². The zero-order chi connectivity index (χ0) is 21.3. The fourth-order valence-electron chi connectivity index (χ4n) is 2.78. The average Bonchev–Trinajstić information content (AvgIpc) is 3.25. The van der Waals surface area contributed by atoms with Crippen LogP contribution in [-0.4, -0.2) is 16.0 Å². The molecule has 2 heterocycles. The molecule has 1 aliphatic heterocycles. The first-order valence-corrected chi connectivity index (χ1v) is 10.9. The van der Waals surface area contributed by atoms with Crippen molar-refractivity contribution in [3.05, 3.63) is 87.2 Å². The molecule has 1 fully saturated rings. The van der Waals surface area contributed by atoms with E-state index in [0.717, 1.165) is 27.6 Å². The number of hydrogen-bond acceptors (Lipinski definition) is 5. The Labute approximate surface area is 186 Å². The van der Waals surface area contributed by atoms with Gasteiger partial charge < -0.3 is 4.42 Å². The first kappa shape index (κ1) is 20.8. The number of aryl methyl sites for hydroxylation is 1. The van der Waals surface area contributed by atoms with Crippen LogP contribution >= 0.6 is 35.1 Å². The number of imide groups is 1. The van der Waals surface area contributed by atoms with Gasteiger partial charge in [-0.2, -0.15) is 0 Å². The van der Waals surface area contributed by atoms with Crippen LogP contribution in [0.5, 0.6) is 0 Å². The normalized spacial score (nSPS) is 15.4. The van der Waals surface area contributed by atoms with Crippen molar-refractivity contribution in [3.63, 3.8) is 0 Å². The van der Waals surface area contributed by atoms with E-state index in [1.165, 1.54) is 29.5 Å². The van der Waals surface area contributed by atoms with Gasteiger partial charge in [-0.1, -0.05) is 47.1 Å². The Kier molecular flexibility index (Phi) is 6.04. The molecule has 3 aromatic rings. The molecule has 0 radical (unpaired) electrons. The van der Waals surface area contributed by atoms with Crippen molar-refractivity contribution in [1.29, 1.82) is 0 Å². The van der Waals surface area contributed by atoms with Gasteiger partial charge in [0.2, 0.25) is 0 Å². The molecule has 2 aromatic carbocycles. The highest BCUT2D eigenvalue weighted by atomic mass is 35.5. The number of carbonyl (C=O) groups excluding carboxylic acids is 2. The summed E-state index contributed by atoms with van der Waals surface area (Å²) in [6, 6.07) is 15.5. The van der Waals surface area contributed by atoms with Gasteiger partial charge in [-0.3, -0.25) is 14.5 Å². The van der Waals surface area contributed by atoms with E-state index in [2.05, 4.69) is 0 Å². The summed E-state index contributed by atoms with van der Waals surface area (Å²) in [5.74, 6) is -0.431. The Balaban J connectivity index is 1.48. The van der Waals surface area contributed by atoms with Crippen molar-refractivity contribution < 1.29 is 18.4 Å². The number of amides is 2. The molecule has 4 nitrogen and oxygen atoms in total. The SMILES string of the molecule is Cc1ccc(Sc2ccc(/C=C3/SC(=O)N(Cc4ccc(F)cc4Cl)C3=O)o2)cc1. The van der Waals surface area contributed by atoms with Gasteiger partial charge in [0.25, 0.3) is 11.1 Å². The third-order valence-corrected chi connectivity index (χ3v) is 6.52. The fraction of sp³-hybridized carbons (Fsp3) is 0.0909. The number of furan rings is 1. The van der Waals surface area contributed by atoms with Crippen LogP contribution in [0.4, 0.5) is 9.18 Å². The highest BCUT2D eigenvalue weighted by Crippen LogP contribution is 2.36. The second kappa shape index (κ2) is 8.71. The van der Waals surface area contributed by atoms with Crippen LogP contribution in [0.1, 0.15) is 16.9 Å². The second-order valence-electron chi connectivity index (χ2n) is 6.58. The summed E-state index contributed by atoms with van der Waals surface area (Å²) >= 11 is 8.32. The number of benzene rings is 2. The van der Waals surface area contributed by atoms with Crippen LogP contribution in [0, 0.1) is 12.7 Å². The summed E-state index contributed by atoms with van der Waals surface area (Å²) in [4.78, 5) is 27.4. The molecule has 0 spiro atoms. The Bertz CT molecular complexity index is 1160. The van der Waals surface area contributed by atoms with E-state index in [1.807, 2.05) is 37.3 Å². The summed E-state index contributed by atoms with van der Waals surface area (Å²) in [6.07, 6.45) is 1.55. The molecule has 1 saturated heterocycles. The molecule has 2 amide bonds. The number of nitrogens with zero attached hydrogens (tertiary/aromatic N) is 1. The van der Waals surface area contributed by atoms with E-state index in [1.54, 1.807) is 12.1 Å². The molecule has 0 N–H and O–H groups in total. The summed E-state index contributed by atoms with van der Waals surface area (Å²) in [7, 11) is 0. The Morgan fingerprint density at radius 1 is 1.13 bits per heavy atom. The molecule has 4 rings (SSSR count). The van der Waals surface area contributed by atoms with Gasteiger partial charge in [0, 0.05) is 16.0 Å². The minimum Gasteiger partial charge on any atom is -0.450 e. The maximum atomic E-state index is 13.2. The van der Waals surface area contributed by atoms with Crippen molar-refractivity contribution in [2.75, 3.05) is 0 Å². The summed E-state index contributed by atoms with van der Waals surface area (Å²) < 4.78 is 19.0. The predicted octanol–water partition coefficient (Wildman–Crippen LogP) is 6.77. The van der Waals surface area contributed by atoms with E-state index < -0.39 is 17.0 Å². The smallest absolute Gasteiger partial charge is 0.293 e. The molecule has 0 aliphatic carbocycles. The molecule has 8 heteroatoms. The third kappa shape index (κ3) is 4.64. The Morgan fingerprint density at radius 2 is 1.90 bits per heavy atom. The first-order chi connectivity index (χ1) is 14.4. The molecule has 0 bridgehead atoms. The molecule has 152 valence electrons. The van der Waals surface area contributed by atoms with Crippen molar-refractivity contribution in [2.45, 2.75) is 23.5 Å². The molecule has 1 aromatic heterocycles. The largest absolute Gasteiger partial charge is 0.450 e. The van der Waals surface area contributed by atoms with Crippen LogP contribution in [0.15, 0.2) is 73.9 Å². The van der Waals surface area contributed by atoms with Gasteiger partial charge in [-0.25, -0.2) is 4.39 Å². The maximum absolute atomic E-state index is 13.2. The molecule has 0 atom stereocenters. The number of thioether (sulfide) groups is 1. The zero-order valence-electron chi connectivity index (χ0n) is 15.7. The molecule has 1 aliphatic rings. The fourth-order valence-corrected chi connectivity index (χ4v) is 4.60. The van der Waals surface area contributed by atoms with Crippen LogP contribution in [0.25, 0.3) is 6.08 Å². The number of halogens is 2. The lowest BCUT2D eigenvalue weighted by Gasteiger charge is -2.13. The van der Waals surface area contributed by atoms with Crippen LogP contribution < -0.4 is 0 Å². The summed E-state index contributed by atoms with van der Waals surface area (Å²) in [5.41, 5.74) is 1.67. The van der Waals surface area contributed by atoms with Crippen molar-refractivity contribution in [1.82, 2.24) is 4.90 Å². The minimum absolute atomic E-state index is 0.0200. The van der Waals surface area contributed by atoms with E-state index in [9.17, 15) is 14.0 Å². The van der Waals surface area contributed by atoms with E-state index >= 15 is 0 Å². The summed E-state index contributed by atoms with van der Waals surface area (Å²) in [6.45, 7) is 2.00. The zero-order valence-corrected chi connectivity index (χ0v) is 18.1. The van der Waals surface area contributed by atoms with Crippen molar-refractivity contribution in [2.24, 2.45) is 0 Å². The van der Waals surface area contributed by atoms with E-state index in [0.29, 0.717) is 16.4 Å². The number of hydrogen-bond donors (Lipinski definition) is 0. The van der Waals surface area contributed by atoms with Crippen molar-refractivity contribution >= 4 is 52.3 Å². The van der Waals surface area contributed by atoms with E-state index in [4.69, 9.17) is 16.0 Å². The lowest BCUT2D eigenvalue weighted by molar-refractivity contribution is -0.123. The minimum atomic E-state index is -0.477. The Hall–Kier alpha value is -2.48. The summed E-state index contributed by atoms with van der Waals surface area (Å²) in [5, 5.41) is 0.441. The lowest BCUT2D eigenvalue weighted by Crippen LogP contribution is -2.27. The van der Waals surface area contributed by atoms with Gasteiger partial charge in [0.15, 0.2) is 5.09 Å². The molecule has 30 heavy (non-hydrogen) atoms. The highest BCUT2D eigenvalue weighted by Gasteiger charge is 2.35. The quantitative estimate of drug-likeness (QED) is 0.394. The molecule has 0 saturated carbocycles. The number of carbonyl (C=O) groups is 2. The monoisotopic (exact) mass is 459 g/mol. The Morgan fingerprint density at radius 3 is 2.63 bits per heavy atom. The van der Waals surface area contributed by atoms with Crippen LogP contribution in [0.2, 0.25) is 5.02 Å². The first-order valence-electron chi connectivity index (χ1n) is 8.93. The lowest BCUT2D eigenvalue weighted by atomic mass is 10.2. The third-order valence-electron chi connectivity index (χ3n) is 4.33. The van der Waals surface area contributed by atoms with Gasteiger partial charge in [-0.15, -0.1) is 0 Å². The predicted molar refractivity (Wildman–Crippen MR) is 117 cm³/mol. The van der Waals surface area contributed by atoms with E-state index in [-0.39, 0.29) is 16.5 Å².